The first kappa shape index (κ1) is 9.47. The van der Waals surface area contributed by atoms with E-state index in [1.807, 2.05) is 0 Å². The smallest absolute Gasteiger partial charge is 0.240 e. The molecule has 0 aromatic heterocycles. The Morgan fingerprint density at radius 2 is 2.07 bits per heavy atom. The molecule has 76 valence electrons. The van der Waals surface area contributed by atoms with Crippen LogP contribution in [0.2, 0.25) is 0 Å². The number of nitrogens with one attached hydrogen (secondary N) is 1. The Bertz CT molecular complexity index is 292. The Hall–Kier alpha value is -1.08. The molecule has 2 saturated carbocycles. The van der Waals surface area contributed by atoms with Crippen LogP contribution in [0.1, 0.15) is 32.1 Å². The van der Waals surface area contributed by atoms with Gasteiger partial charge in [-0.1, -0.05) is 0 Å². The van der Waals surface area contributed by atoms with Crippen molar-refractivity contribution in [2.45, 2.75) is 37.6 Å². The average Bonchev–Trinajstić information content (AvgIpc) is 2.91. The quantitative estimate of drug-likeness (QED) is 0.679. The lowest BCUT2D eigenvalue weighted by Gasteiger charge is -2.41. The summed E-state index contributed by atoms with van der Waals surface area (Å²) in [5.74, 6) is -0.186. The molecule has 14 heavy (non-hydrogen) atoms. The van der Waals surface area contributed by atoms with Gasteiger partial charge in [0, 0.05) is 0 Å². The van der Waals surface area contributed by atoms with Gasteiger partial charge in [0.25, 0.3) is 0 Å². The van der Waals surface area contributed by atoms with Gasteiger partial charge < -0.3 is 10.4 Å². The van der Waals surface area contributed by atoms with Crippen molar-refractivity contribution in [1.82, 2.24) is 5.32 Å². The minimum atomic E-state index is -0.766. The lowest BCUT2D eigenvalue weighted by atomic mass is 9.77. The van der Waals surface area contributed by atoms with Gasteiger partial charge in [0.2, 0.25) is 5.91 Å². The molecule has 0 aromatic rings. The standard InChI is InChI=1S/C10H14N2O2/c11-6-9(4-5-9)8(14)12-10(7-13)2-1-3-10/h13H,1-5,7H2,(H,12,14). The second kappa shape index (κ2) is 2.96. The van der Waals surface area contributed by atoms with Crippen molar-refractivity contribution < 1.29 is 9.90 Å². The molecule has 0 radical (unpaired) electrons. The highest BCUT2D eigenvalue weighted by atomic mass is 16.3. The van der Waals surface area contributed by atoms with Crippen LogP contribution in [0, 0.1) is 16.7 Å². The minimum absolute atomic E-state index is 0.0136. The van der Waals surface area contributed by atoms with Crippen molar-refractivity contribution in [2.24, 2.45) is 5.41 Å². The van der Waals surface area contributed by atoms with Crippen LogP contribution in [0.25, 0.3) is 0 Å². The van der Waals surface area contributed by atoms with Crippen LogP contribution < -0.4 is 5.32 Å². The summed E-state index contributed by atoms with van der Waals surface area (Å²) in [6.45, 7) is -0.0136. The molecule has 0 spiro atoms. The molecule has 0 bridgehead atoms. The fraction of sp³-hybridized carbons (Fsp3) is 0.800. The predicted octanol–water partition coefficient (Wildman–Crippen LogP) is 0.321. The van der Waals surface area contributed by atoms with E-state index in [9.17, 15) is 4.79 Å². The molecule has 0 unspecified atom stereocenters. The molecular weight excluding hydrogens is 180 g/mol. The number of amides is 1. The van der Waals surface area contributed by atoms with Crippen LogP contribution >= 0.6 is 0 Å². The van der Waals surface area contributed by atoms with E-state index < -0.39 is 11.0 Å². The first-order valence-corrected chi connectivity index (χ1v) is 5.01. The molecule has 0 atom stereocenters. The molecule has 4 nitrogen and oxygen atoms in total. The summed E-state index contributed by atoms with van der Waals surface area (Å²) in [6.07, 6.45) is 4.03. The molecule has 0 aromatic carbocycles. The van der Waals surface area contributed by atoms with Gasteiger partial charge >= 0.3 is 0 Å². The number of hydrogen-bond acceptors (Lipinski definition) is 3. The highest BCUT2D eigenvalue weighted by Crippen LogP contribution is 2.46. The van der Waals surface area contributed by atoms with Crippen molar-refractivity contribution in [3.05, 3.63) is 0 Å². The van der Waals surface area contributed by atoms with E-state index in [-0.39, 0.29) is 12.5 Å². The van der Waals surface area contributed by atoms with E-state index in [4.69, 9.17) is 10.4 Å². The predicted molar refractivity (Wildman–Crippen MR) is 49.1 cm³/mol. The van der Waals surface area contributed by atoms with E-state index in [0.29, 0.717) is 12.8 Å². The SMILES string of the molecule is N#CC1(C(=O)NC2(CO)CCC2)CC1. The maximum atomic E-state index is 11.7. The van der Waals surface area contributed by atoms with Crippen LogP contribution in [0.15, 0.2) is 0 Å². The van der Waals surface area contributed by atoms with Gasteiger partial charge in [-0.3, -0.25) is 4.79 Å². The van der Waals surface area contributed by atoms with Crippen LogP contribution in [0.5, 0.6) is 0 Å². The summed E-state index contributed by atoms with van der Waals surface area (Å²) < 4.78 is 0. The summed E-state index contributed by atoms with van der Waals surface area (Å²) >= 11 is 0. The number of hydrogen-bond donors (Lipinski definition) is 2. The van der Waals surface area contributed by atoms with Crippen LogP contribution in [-0.4, -0.2) is 23.2 Å². The molecule has 0 heterocycles. The maximum Gasteiger partial charge on any atom is 0.240 e. The normalized spacial score (nSPS) is 25.7. The lowest BCUT2D eigenvalue weighted by molar-refractivity contribution is -0.128. The molecule has 4 heteroatoms. The second-order valence-electron chi connectivity index (χ2n) is 4.44. The number of aliphatic hydroxyl groups excluding tert-OH is 1. The summed E-state index contributed by atoms with van der Waals surface area (Å²) in [6, 6.07) is 2.05. The van der Waals surface area contributed by atoms with Crippen molar-refractivity contribution in [1.29, 1.82) is 5.26 Å². The lowest BCUT2D eigenvalue weighted by Crippen LogP contribution is -2.57. The molecule has 2 N–H and O–H groups in total. The highest BCUT2D eigenvalue weighted by Gasteiger charge is 2.53. The molecular formula is C10H14N2O2. The number of carbonyl (C=O) groups excluding carboxylic acids is 1. The fourth-order valence-electron chi connectivity index (χ4n) is 1.80. The average molecular weight is 194 g/mol. The Labute approximate surface area is 82.9 Å². The third kappa shape index (κ3) is 1.28. The first-order valence-electron chi connectivity index (χ1n) is 5.01. The van der Waals surface area contributed by atoms with Crippen molar-refractivity contribution in [3.8, 4) is 6.07 Å². The van der Waals surface area contributed by atoms with Crippen molar-refractivity contribution in [2.75, 3.05) is 6.61 Å². The number of nitriles is 1. The largest absolute Gasteiger partial charge is 0.394 e. The zero-order valence-electron chi connectivity index (χ0n) is 8.05. The topological polar surface area (TPSA) is 73.1 Å². The van der Waals surface area contributed by atoms with E-state index >= 15 is 0 Å². The third-order valence-electron chi connectivity index (χ3n) is 3.39. The summed E-state index contributed by atoms with van der Waals surface area (Å²) in [5, 5.41) is 20.8. The Morgan fingerprint density at radius 3 is 2.36 bits per heavy atom. The van der Waals surface area contributed by atoms with E-state index in [1.165, 1.54) is 0 Å². The Balaban J connectivity index is 1.98. The molecule has 0 aliphatic heterocycles. The molecule has 1 amide bonds. The Kier molecular flexibility index (Phi) is 2.00. The first-order chi connectivity index (χ1) is 6.66. The van der Waals surface area contributed by atoms with Gasteiger partial charge in [-0.05, 0) is 32.1 Å². The van der Waals surface area contributed by atoms with E-state index in [0.717, 1.165) is 19.3 Å². The minimum Gasteiger partial charge on any atom is -0.394 e. The number of aliphatic hydroxyl groups is 1. The van der Waals surface area contributed by atoms with Gasteiger partial charge in [-0.25, -0.2) is 0 Å². The second-order valence-corrected chi connectivity index (χ2v) is 4.44. The molecule has 2 aliphatic carbocycles. The van der Waals surface area contributed by atoms with Gasteiger partial charge in [-0.2, -0.15) is 5.26 Å². The summed E-state index contributed by atoms with van der Waals surface area (Å²) in [5.41, 5.74) is -1.18. The maximum absolute atomic E-state index is 11.7. The zero-order chi connectivity index (χ0) is 10.2. The van der Waals surface area contributed by atoms with Crippen molar-refractivity contribution >= 4 is 5.91 Å². The third-order valence-corrected chi connectivity index (χ3v) is 3.39. The van der Waals surface area contributed by atoms with Crippen LogP contribution in [0.3, 0.4) is 0 Å². The summed E-state index contributed by atoms with van der Waals surface area (Å²) in [4.78, 5) is 11.7. The van der Waals surface area contributed by atoms with Gasteiger partial charge in [0.05, 0.1) is 18.2 Å². The van der Waals surface area contributed by atoms with Crippen LogP contribution in [-0.2, 0) is 4.79 Å². The number of carbonyl (C=O) groups is 1. The molecule has 2 fully saturated rings. The fourth-order valence-corrected chi connectivity index (χ4v) is 1.80. The van der Waals surface area contributed by atoms with E-state index in [2.05, 4.69) is 11.4 Å². The van der Waals surface area contributed by atoms with Gasteiger partial charge in [0.15, 0.2) is 0 Å². The number of nitrogens with zero attached hydrogens (tertiary/aromatic N) is 1. The van der Waals surface area contributed by atoms with Crippen LogP contribution in [0.4, 0.5) is 0 Å². The molecule has 2 aliphatic rings. The van der Waals surface area contributed by atoms with Crippen molar-refractivity contribution in [3.63, 3.8) is 0 Å². The summed E-state index contributed by atoms with van der Waals surface area (Å²) in [7, 11) is 0. The van der Waals surface area contributed by atoms with E-state index in [1.54, 1.807) is 0 Å². The highest BCUT2D eigenvalue weighted by molar-refractivity contribution is 5.88. The number of rotatable bonds is 3. The monoisotopic (exact) mass is 194 g/mol. The van der Waals surface area contributed by atoms with Gasteiger partial charge in [-0.15, -0.1) is 0 Å². The zero-order valence-corrected chi connectivity index (χ0v) is 8.05. The van der Waals surface area contributed by atoms with Gasteiger partial charge in [0.1, 0.15) is 5.41 Å². The molecule has 0 saturated heterocycles. The molecule has 2 rings (SSSR count). The Morgan fingerprint density at radius 1 is 1.43 bits per heavy atom.